The van der Waals surface area contributed by atoms with Gasteiger partial charge in [0.05, 0.1) is 0 Å². The summed E-state index contributed by atoms with van der Waals surface area (Å²) in [6, 6.07) is 4.80. The van der Waals surface area contributed by atoms with Crippen LogP contribution in [-0.2, 0) is 0 Å². The smallest absolute Gasteiger partial charge is 0.0152 e. The van der Waals surface area contributed by atoms with Gasteiger partial charge in [0.2, 0.25) is 0 Å². The standard InChI is InChI=1S/C50H61/c1-31(48(3,4)5)28-37-24-25-40-33(20-21-34-15-13-18-39(37)47(34)40)14-12-17-38-32(2)49(6,7)45-29-35(22-26-42(38)45)36-23-27-43-41-16-10-11-19-44(41)50(8,9)46(43)30-36/h11,13-15,19-21,25,29-31,37H,10,12,16-18,22-24,26-28H2,1-9H3/q-1. The Bertz CT molecular complexity index is 2040. The third-order valence-electron chi connectivity index (χ3n) is 14.5. The molecule has 50 heavy (non-hydrogen) atoms. The Morgan fingerprint density at radius 1 is 0.820 bits per heavy atom. The van der Waals surface area contributed by atoms with Crippen LogP contribution in [0.2, 0.25) is 0 Å². The zero-order chi connectivity index (χ0) is 35.2. The molecule has 0 fully saturated rings. The first-order chi connectivity index (χ1) is 23.8. The van der Waals surface area contributed by atoms with Crippen molar-refractivity contribution in [2.24, 2.45) is 28.1 Å². The largest absolute Gasteiger partial charge is 0.185 e. The van der Waals surface area contributed by atoms with Crippen molar-refractivity contribution >= 4 is 17.7 Å². The fourth-order valence-electron chi connectivity index (χ4n) is 10.7. The minimum absolute atomic E-state index is 0.106. The summed E-state index contributed by atoms with van der Waals surface area (Å²) in [6.45, 7) is 22.0. The molecule has 0 nitrogen and oxygen atoms in total. The van der Waals surface area contributed by atoms with E-state index >= 15 is 0 Å². The lowest BCUT2D eigenvalue weighted by Crippen LogP contribution is -2.39. The number of rotatable bonds is 7. The van der Waals surface area contributed by atoms with Crippen LogP contribution in [-0.4, -0.2) is 0 Å². The van der Waals surface area contributed by atoms with Gasteiger partial charge >= 0.3 is 0 Å². The van der Waals surface area contributed by atoms with E-state index in [-0.39, 0.29) is 10.8 Å². The van der Waals surface area contributed by atoms with Gasteiger partial charge < -0.3 is 0 Å². The number of benzene rings is 1. The Morgan fingerprint density at radius 3 is 2.26 bits per heavy atom. The highest BCUT2D eigenvalue weighted by atomic mass is 14.5. The highest BCUT2D eigenvalue weighted by Crippen LogP contribution is 2.56. The van der Waals surface area contributed by atoms with Crippen molar-refractivity contribution < 1.29 is 0 Å². The van der Waals surface area contributed by atoms with Crippen LogP contribution in [0, 0.1) is 34.5 Å². The summed E-state index contributed by atoms with van der Waals surface area (Å²) in [6.07, 6.45) is 33.1. The molecule has 1 aromatic carbocycles. The van der Waals surface area contributed by atoms with Gasteiger partial charge in [-0.2, -0.15) is 18.1 Å². The Labute approximate surface area is 304 Å². The van der Waals surface area contributed by atoms with Gasteiger partial charge in [-0.05, 0) is 144 Å². The van der Waals surface area contributed by atoms with E-state index in [0.717, 1.165) is 19.3 Å². The molecule has 7 aliphatic carbocycles. The second kappa shape index (κ2) is 12.2. The van der Waals surface area contributed by atoms with E-state index in [1.54, 1.807) is 66.5 Å². The second-order valence-corrected chi connectivity index (χ2v) is 18.9. The lowest BCUT2D eigenvalue weighted by Gasteiger charge is -2.34. The van der Waals surface area contributed by atoms with Gasteiger partial charge in [-0.1, -0.05) is 115 Å². The second-order valence-electron chi connectivity index (χ2n) is 18.9. The van der Waals surface area contributed by atoms with Gasteiger partial charge in [-0.15, -0.1) is 17.4 Å². The van der Waals surface area contributed by atoms with Crippen LogP contribution in [0.3, 0.4) is 0 Å². The molecule has 0 saturated heterocycles. The molecule has 262 valence electrons. The van der Waals surface area contributed by atoms with E-state index in [9.17, 15) is 0 Å². The molecule has 2 unspecified atom stereocenters. The maximum absolute atomic E-state index is 2.65. The first-order valence-corrected chi connectivity index (χ1v) is 20.1. The van der Waals surface area contributed by atoms with Crippen molar-refractivity contribution in [1.82, 2.24) is 0 Å². The molecule has 0 amide bonds. The summed E-state index contributed by atoms with van der Waals surface area (Å²) in [5.41, 5.74) is 21.5. The summed E-state index contributed by atoms with van der Waals surface area (Å²) in [4.78, 5) is 0. The molecule has 0 heterocycles. The molecule has 0 bridgehead atoms. The van der Waals surface area contributed by atoms with Gasteiger partial charge in [0.1, 0.15) is 0 Å². The summed E-state index contributed by atoms with van der Waals surface area (Å²) in [5.74, 6) is 1.38. The van der Waals surface area contributed by atoms with E-state index in [2.05, 4.69) is 123 Å². The molecular formula is C50H61-. The number of fused-ring (bicyclic) bond motifs is 1. The normalized spacial score (nSPS) is 25.2. The molecule has 0 radical (unpaired) electrons. The molecule has 7 aliphatic rings. The average molecular weight is 662 g/mol. The van der Waals surface area contributed by atoms with Crippen LogP contribution in [0.5, 0.6) is 0 Å². The van der Waals surface area contributed by atoms with Gasteiger partial charge in [-0.3, -0.25) is 0 Å². The molecule has 0 N–H and O–H groups in total. The number of hydrogen-bond acceptors (Lipinski definition) is 0. The quantitative estimate of drug-likeness (QED) is 0.255. The fraction of sp³-hybridized carbons (Fsp3) is 0.500. The monoisotopic (exact) mass is 661 g/mol. The predicted octanol–water partition coefficient (Wildman–Crippen LogP) is 12.5. The summed E-state index contributed by atoms with van der Waals surface area (Å²) in [5, 5.41) is 3.08. The fourth-order valence-corrected chi connectivity index (χ4v) is 10.7. The zero-order valence-electron chi connectivity index (χ0n) is 32.7. The van der Waals surface area contributed by atoms with Crippen LogP contribution < -0.4 is 10.4 Å². The van der Waals surface area contributed by atoms with Crippen molar-refractivity contribution in [1.29, 1.82) is 0 Å². The molecule has 2 atom stereocenters. The summed E-state index contributed by atoms with van der Waals surface area (Å²) < 4.78 is 0. The maximum Gasteiger partial charge on any atom is 0.0152 e. The van der Waals surface area contributed by atoms with Crippen LogP contribution in [0.15, 0.2) is 98.2 Å². The molecule has 1 aromatic rings. The van der Waals surface area contributed by atoms with Crippen molar-refractivity contribution in [2.45, 2.75) is 133 Å². The third kappa shape index (κ3) is 5.42. The average Bonchev–Trinajstić information content (AvgIpc) is 3.44. The first-order valence-electron chi connectivity index (χ1n) is 20.1. The SMILES string of the molecule is CC1=C(CC[CH-]c2ccc3c4c2=CCC(CC(C)C(C)(C)C)C=4CC=C3)C2=C(C=C(C3=CC4=C(CC3)C3=C(C=CCC3)C4(C)C)CC2)C1(C)C. The predicted molar refractivity (Wildman–Crippen MR) is 216 cm³/mol. The van der Waals surface area contributed by atoms with Crippen molar-refractivity contribution in [3.8, 4) is 0 Å². The van der Waals surface area contributed by atoms with E-state index in [0.29, 0.717) is 17.3 Å². The molecule has 8 rings (SSSR count). The van der Waals surface area contributed by atoms with Gasteiger partial charge in [0.25, 0.3) is 0 Å². The molecular weight excluding hydrogens is 601 g/mol. The van der Waals surface area contributed by atoms with Crippen LogP contribution in [0.1, 0.15) is 144 Å². The van der Waals surface area contributed by atoms with Crippen molar-refractivity contribution in [3.63, 3.8) is 0 Å². The maximum atomic E-state index is 2.65. The van der Waals surface area contributed by atoms with E-state index in [4.69, 9.17) is 0 Å². The lowest BCUT2D eigenvalue weighted by molar-refractivity contribution is 0.229. The Kier molecular flexibility index (Phi) is 8.25. The van der Waals surface area contributed by atoms with Crippen LogP contribution in [0.4, 0.5) is 0 Å². The van der Waals surface area contributed by atoms with Gasteiger partial charge in [-0.25, -0.2) is 0 Å². The minimum Gasteiger partial charge on any atom is -0.185 e. The molecule has 0 heteroatoms. The molecule has 0 spiro atoms. The molecule has 0 aliphatic heterocycles. The highest BCUT2D eigenvalue weighted by molar-refractivity contribution is 5.69. The van der Waals surface area contributed by atoms with Crippen molar-refractivity contribution in [2.75, 3.05) is 0 Å². The topological polar surface area (TPSA) is 0 Å². The summed E-state index contributed by atoms with van der Waals surface area (Å²) in [7, 11) is 0. The molecule has 0 saturated carbocycles. The van der Waals surface area contributed by atoms with Crippen LogP contribution >= 0.6 is 0 Å². The Balaban J connectivity index is 1.02. The van der Waals surface area contributed by atoms with Crippen molar-refractivity contribution in [3.05, 3.63) is 126 Å². The minimum atomic E-state index is 0.106. The van der Waals surface area contributed by atoms with E-state index in [1.807, 2.05) is 0 Å². The Hall–Kier alpha value is -3.25. The lowest BCUT2D eigenvalue weighted by atomic mass is 9.72. The zero-order valence-corrected chi connectivity index (χ0v) is 32.7. The molecule has 0 aromatic heterocycles. The van der Waals surface area contributed by atoms with Gasteiger partial charge in [0.15, 0.2) is 0 Å². The highest BCUT2D eigenvalue weighted by Gasteiger charge is 2.41. The Morgan fingerprint density at radius 2 is 1.52 bits per heavy atom. The van der Waals surface area contributed by atoms with Gasteiger partial charge in [0, 0.05) is 10.8 Å². The number of hydrogen-bond donors (Lipinski definition) is 0. The van der Waals surface area contributed by atoms with E-state index < -0.39 is 0 Å². The summed E-state index contributed by atoms with van der Waals surface area (Å²) >= 11 is 0. The first kappa shape index (κ1) is 33.9. The number of allylic oxidation sites excluding steroid dienone is 15. The van der Waals surface area contributed by atoms with Crippen LogP contribution in [0.25, 0.3) is 17.7 Å². The third-order valence-corrected chi connectivity index (χ3v) is 14.5. The van der Waals surface area contributed by atoms with E-state index in [1.165, 1.54) is 67.7 Å².